The van der Waals surface area contributed by atoms with Gasteiger partial charge in [0.15, 0.2) is 23.0 Å². The summed E-state index contributed by atoms with van der Waals surface area (Å²) in [6.45, 7) is 3.79. The number of aryl methyl sites for hydroxylation is 1. The Bertz CT molecular complexity index is 683. The third-order valence-electron chi connectivity index (χ3n) is 3.83. The van der Waals surface area contributed by atoms with Gasteiger partial charge in [0.2, 0.25) is 0 Å². The molecule has 130 valence electrons. The second kappa shape index (κ2) is 7.93. The summed E-state index contributed by atoms with van der Waals surface area (Å²) in [6.07, 6.45) is -1.30. The molecule has 2 rings (SSSR count). The number of aliphatic hydroxyl groups is 1. The molecule has 2 aromatic carbocycles. The SMILES string of the molecule is COc1ccc(C(O)C(C)Oc2ccc(C)cc2OC)cc1OC. The minimum Gasteiger partial charge on any atom is -0.493 e. The molecule has 5 heteroatoms. The summed E-state index contributed by atoms with van der Waals surface area (Å²) < 4.78 is 21.7. The highest BCUT2D eigenvalue weighted by molar-refractivity contribution is 5.44. The van der Waals surface area contributed by atoms with Crippen LogP contribution in [0.4, 0.5) is 0 Å². The van der Waals surface area contributed by atoms with Crippen molar-refractivity contribution < 1.29 is 24.1 Å². The molecule has 24 heavy (non-hydrogen) atoms. The topological polar surface area (TPSA) is 57.2 Å². The Labute approximate surface area is 142 Å². The zero-order valence-electron chi connectivity index (χ0n) is 14.7. The van der Waals surface area contributed by atoms with Gasteiger partial charge in [0.1, 0.15) is 12.2 Å². The van der Waals surface area contributed by atoms with Gasteiger partial charge in [-0.2, -0.15) is 0 Å². The van der Waals surface area contributed by atoms with Crippen molar-refractivity contribution in [3.8, 4) is 23.0 Å². The average Bonchev–Trinajstić information content (AvgIpc) is 2.61. The van der Waals surface area contributed by atoms with Crippen molar-refractivity contribution in [2.24, 2.45) is 0 Å². The molecule has 0 spiro atoms. The van der Waals surface area contributed by atoms with Crippen LogP contribution < -0.4 is 18.9 Å². The Hall–Kier alpha value is -2.40. The van der Waals surface area contributed by atoms with Gasteiger partial charge < -0.3 is 24.1 Å². The van der Waals surface area contributed by atoms with E-state index in [0.29, 0.717) is 28.6 Å². The quantitative estimate of drug-likeness (QED) is 0.841. The van der Waals surface area contributed by atoms with E-state index in [9.17, 15) is 5.11 Å². The van der Waals surface area contributed by atoms with Gasteiger partial charge in [0, 0.05) is 0 Å². The Morgan fingerprint density at radius 2 is 1.38 bits per heavy atom. The summed E-state index contributed by atoms with van der Waals surface area (Å²) in [5, 5.41) is 10.6. The van der Waals surface area contributed by atoms with Crippen LogP contribution in [0, 0.1) is 6.92 Å². The van der Waals surface area contributed by atoms with Gasteiger partial charge in [0.05, 0.1) is 21.3 Å². The summed E-state index contributed by atoms with van der Waals surface area (Å²) in [4.78, 5) is 0. The van der Waals surface area contributed by atoms with Gasteiger partial charge in [-0.05, 0) is 49.2 Å². The molecular formula is C19H24O5. The lowest BCUT2D eigenvalue weighted by atomic mass is 10.0. The highest BCUT2D eigenvalue weighted by Gasteiger charge is 2.21. The van der Waals surface area contributed by atoms with Gasteiger partial charge in [-0.1, -0.05) is 12.1 Å². The molecule has 0 amide bonds. The first-order valence-corrected chi connectivity index (χ1v) is 7.71. The first-order chi connectivity index (χ1) is 11.5. The molecule has 0 aliphatic carbocycles. The van der Waals surface area contributed by atoms with Crippen LogP contribution in [0.3, 0.4) is 0 Å². The molecule has 0 fully saturated rings. The maximum absolute atomic E-state index is 10.6. The van der Waals surface area contributed by atoms with Crippen molar-refractivity contribution in [1.82, 2.24) is 0 Å². The molecular weight excluding hydrogens is 308 g/mol. The Balaban J connectivity index is 2.19. The average molecular weight is 332 g/mol. The Kier molecular flexibility index (Phi) is 5.93. The van der Waals surface area contributed by atoms with E-state index in [2.05, 4.69) is 0 Å². The summed E-state index contributed by atoms with van der Waals surface area (Å²) >= 11 is 0. The highest BCUT2D eigenvalue weighted by Crippen LogP contribution is 2.34. The van der Waals surface area contributed by atoms with E-state index in [0.717, 1.165) is 5.56 Å². The van der Waals surface area contributed by atoms with Crippen molar-refractivity contribution in [1.29, 1.82) is 0 Å². The highest BCUT2D eigenvalue weighted by atomic mass is 16.5. The fourth-order valence-corrected chi connectivity index (χ4v) is 2.44. The monoisotopic (exact) mass is 332 g/mol. The Morgan fingerprint density at radius 3 is 2.00 bits per heavy atom. The summed E-state index contributed by atoms with van der Waals surface area (Å²) in [7, 11) is 4.73. The van der Waals surface area contributed by atoms with E-state index < -0.39 is 12.2 Å². The number of ether oxygens (including phenoxy) is 4. The van der Waals surface area contributed by atoms with E-state index in [-0.39, 0.29) is 0 Å². The van der Waals surface area contributed by atoms with Crippen molar-refractivity contribution in [2.75, 3.05) is 21.3 Å². The lowest BCUT2D eigenvalue weighted by Gasteiger charge is -2.23. The van der Waals surface area contributed by atoms with Crippen LogP contribution in [0.15, 0.2) is 36.4 Å². The van der Waals surface area contributed by atoms with E-state index >= 15 is 0 Å². The van der Waals surface area contributed by atoms with Gasteiger partial charge in [-0.25, -0.2) is 0 Å². The van der Waals surface area contributed by atoms with Crippen LogP contribution in [0.2, 0.25) is 0 Å². The van der Waals surface area contributed by atoms with Crippen molar-refractivity contribution in [2.45, 2.75) is 26.1 Å². The number of aliphatic hydroxyl groups excluding tert-OH is 1. The second-order valence-electron chi connectivity index (χ2n) is 5.54. The zero-order valence-corrected chi connectivity index (χ0v) is 14.7. The largest absolute Gasteiger partial charge is 0.493 e. The van der Waals surface area contributed by atoms with E-state index in [1.54, 1.807) is 46.5 Å². The predicted octanol–water partition coefficient (Wildman–Crippen LogP) is 3.52. The second-order valence-corrected chi connectivity index (χ2v) is 5.54. The number of hydrogen-bond acceptors (Lipinski definition) is 5. The molecule has 5 nitrogen and oxygen atoms in total. The number of benzene rings is 2. The molecule has 0 saturated heterocycles. The maximum Gasteiger partial charge on any atom is 0.161 e. The number of methoxy groups -OCH3 is 3. The molecule has 1 N–H and O–H groups in total. The van der Waals surface area contributed by atoms with Crippen molar-refractivity contribution >= 4 is 0 Å². The van der Waals surface area contributed by atoms with Crippen LogP contribution in [0.25, 0.3) is 0 Å². The van der Waals surface area contributed by atoms with Crippen LogP contribution >= 0.6 is 0 Å². The smallest absolute Gasteiger partial charge is 0.161 e. The predicted molar refractivity (Wildman–Crippen MR) is 92.3 cm³/mol. The summed E-state index contributed by atoms with van der Waals surface area (Å²) in [5.74, 6) is 2.41. The molecule has 2 aromatic rings. The molecule has 2 unspecified atom stereocenters. The number of rotatable bonds is 7. The van der Waals surface area contributed by atoms with Gasteiger partial charge in [-0.3, -0.25) is 0 Å². The normalized spacial score (nSPS) is 13.1. The molecule has 0 aromatic heterocycles. The maximum atomic E-state index is 10.6. The fraction of sp³-hybridized carbons (Fsp3) is 0.368. The van der Waals surface area contributed by atoms with Gasteiger partial charge in [0.25, 0.3) is 0 Å². The van der Waals surface area contributed by atoms with Gasteiger partial charge in [-0.15, -0.1) is 0 Å². The third kappa shape index (κ3) is 3.92. The fourth-order valence-electron chi connectivity index (χ4n) is 2.44. The van der Waals surface area contributed by atoms with Crippen LogP contribution in [-0.4, -0.2) is 32.5 Å². The molecule has 2 atom stereocenters. The first-order valence-electron chi connectivity index (χ1n) is 7.71. The molecule has 0 bridgehead atoms. The van der Waals surface area contributed by atoms with E-state index in [1.165, 1.54) is 0 Å². The van der Waals surface area contributed by atoms with Crippen molar-refractivity contribution in [3.05, 3.63) is 47.5 Å². The van der Waals surface area contributed by atoms with Gasteiger partial charge >= 0.3 is 0 Å². The van der Waals surface area contributed by atoms with Crippen LogP contribution in [0.5, 0.6) is 23.0 Å². The lowest BCUT2D eigenvalue weighted by molar-refractivity contribution is 0.0450. The minimum atomic E-state index is -0.823. The third-order valence-corrected chi connectivity index (χ3v) is 3.83. The standard InChI is InChI=1S/C19H24O5/c1-12-6-8-16(17(10-12)22-4)24-13(2)19(20)14-7-9-15(21-3)18(11-14)23-5/h6-11,13,19-20H,1-5H3. The first kappa shape index (κ1) is 17.9. The Morgan fingerprint density at radius 1 is 0.792 bits per heavy atom. The van der Waals surface area contributed by atoms with Crippen LogP contribution in [-0.2, 0) is 0 Å². The zero-order chi connectivity index (χ0) is 17.7. The number of hydrogen-bond donors (Lipinski definition) is 1. The van der Waals surface area contributed by atoms with E-state index in [4.69, 9.17) is 18.9 Å². The lowest BCUT2D eigenvalue weighted by Crippen LogP contribution is -2.22. The van der Waals surface area contributed by atoms with E-state index in [1.807, 2.05) is 25.1 Å². The molecule has 0 aliphatic rings. The minimum absolute atomic E-state index is 0.472. The molecule has 0 saturated carbocycles. The van der Waals surface area contributed by atoms with Crippen molar-refractivity contribution in [3.63, 3.8) is 0 Å². The molecule has 0 heterocycles. The molecule has 0 aliphatic heterocycles. The van der Waals surface area contributed by atoms with Crippen LogP contribution in [0.1, 0.15) is 24.2 Å². The summed E-state index contributed by atoms with van der Waals surface area (Å²) in [6, 6.07) is 11.0. The summed E-state index contributed by atoms with van der Waals surface area (Å²) in [5.41, 5.74) is 1.76. The molecule has 0 radical (unpaired) electrons.